The quantitative estimate of drug-likeness (QED) is 0.0843. The van der Waals surface area contributed by atoms with Crippen LogP contribution in [0, 0.1) is 11.3 Å². The molecule has 1 heterocycles. The van der Waals surface area contributed by atoms with E-state index in [4.69, 9.17) is 9.47 Å². The molecule has 6 aromatic carbocycles. The molecule has 0 bridgehead atoms. The van der Waals surface area contributed by atoms with Gasteiger partial charge >= 0.3 is 5.97 Å². The first kappa shape index (κ1) is 41.1. The van der Waals surface area contributed by atoms with Crippen LogP contribution in [0.4, 0.5) is 17.1 Å². The molecule has 7 heteroatoms. The molecule has 0 aliphatic rings. The minimum Gasteiger partial charge on any atom is -0.497 e. The fourth-order valence-electron chi connectivity index (χ4n) is 7.68. The van der Waals surface area contributed by atoms with Crippen LogP contribution < -0.4 is 14.4 Å². The minimum absolute atomic E-state index is 0.136. The fourth-order valence-corrected chi connectivity index (χ4v) is 7.68. The van der Waals surface area contributed by atoms with Gasteiger partial charge in [-0.3, -0.25) is 0 Å². The SMILES string of the molecule is COc1ccc(N(c2ccc(/C=C/c3ccc(-c4c5ccc(C(C)(C)C)cc5c(/C=C(\C#N)C(=O)O)c5ccc(C(C)(C)C)cc45)n3C)cc2)c2ccc(OC)cc2)cc1. The first-order valence-corrected chi connectivity index (χ1v) is 20.0. The molecule has 7 aromatic rings. The van der Waals surface area contributed by atoms with Gasteiger partial charge in [0.25, 0.3) is 0 Å². The Bertz CT molecular complexity index is 2780. The van der Waals surface area contributed by atoms with E-state index in [0.29, 0.717) is 0 Å². The van der Waals surface area contributed by atoms with Crippen molar-refractivity contribution in [3.05, 3.63) is 155 Å². The van der Waals surface area contributed by atoms with E-state index in [2.05, 4.69) is 143 Å². The van der Waals surface area contributed by atoms with E-state index < -0.39 is 5.97 Å². The molecule has 7 nitrogen and oxygen atoms in total. The second-order valence-corrected chi connectivity index (χ2v) is 17.1. The molecule has 1 aromatic heterocycles. The van der Waals surface area contributed by atoms with Crippen molar-refractivity contribution < 1.29 is 19.4 Å². The molecule has 0 saturated carbocycles. The second-order valence-electron chi connectivity index (χ2n) is 17.1. The van der Waals surface area contributed by atoms with Crippen LogP contribution >= 0.6 is 0 Å². The lowest BCUT2D eigenvalue weighted by Crippen LogP contribution is -2.12. The Morgan fingerprint density at radius 2 is 1.15 bits per heavy atom. The number of methoxy groups -OCH3 is 2. The van der Waals surface area contributed by atoms with E-state index in [9.17, 15) is 15.2 Å². The zero-order valence-corrected chi connectivity index (χ0v) is 35.8. The van der Waals surface area contributed by atoms with Crippen LogP contribution in [0.25, 0.3) is 51.0 Å². The molecule has 0 amide bonds. The highest BCUT2D eigenvalue weighted by atomic mass is 16.5. The van der Waals surface area contributed by atoms with Gasteiger partial charge in [0, 0.05) is 41.1 Å². The number of hydrogen-bond donors (Lipinski definition) is 1. The molecular formula is C53H51N3O4. The zero-order valence-electron chi connectivity index (χ0n) is 35.8. The molecule has 0 fully saturated rings. The summed E-state index contributed by atoms with van der Waals surface area (Å²) in [5.41, 5.74) is 9.57. The average molecular weight is 794 g/mol. The van der Waals surface area contributed by atoms with E-state index in [1.165, 1.54) is 6.08 Å². The lowest BCUT2D eigenvalue weighted by Gasteiger charge is -2.26. The monoisotopic (exact) mass is 793 g/mol. The number of nitrogens with zero attached hydrogens (tertiary/aromatic N) is 3. The van der Waals surface area contributed by atoms with Gasteiger partial charge in [-0.25, -0.2) is 4.79 Å². The minimum atomic E-state index is -1.25. The molecule has 0 radical (unpaired) electrons. The number of aliphatic carboxylic acids is 1. The van der Waals surface area contributed by atoms with E-state index in [1.54, 1.807) is 14.2 Å². The summed E-state index contributed by atoms with van der Waals surface area (Å²) in [6, 6.07) is 43.7. The Hall–Kier alpha value is -7.04. The number of rotatable bonds is 10. The second kappa shape index (κ2) is 16.3. The number of carbonyl (C=O) groups is 1. The van der Waals surface area contributed by atoms with Gasteiger partial charge in [0.2, 0.25) is 0 Å². The van der Waals surface area contributed by atoms with Crippen LogP contribution in [-0.4, -0.2) is 29.9 Å². The van der Waals surface area contributed by atoms with E-state index in [-0.39, 0.29) is 16.4 Å². The Morgan fingerprint density at radius 3 is 1.63 bits per heavy atom. The number of fused-ring (bicyclic) bond motifs is 2. The van der Waals surface area contributed by atoms with Gasteiger partial charge in [0.1, 0.15) is 23.1 Å². The van der Waals surface area contributed by atoms with Gasteiger partial charge in [-0.15, -0.1) is 0 Å². The molecule has 60 heavy (non-hydrogen) atoms. The summed E-state index contributed by atoms with van der Waals surface area (Å²) in [6.07, 6.45) is 5.80. The van der Waals surface area contributed by atoms with Crippen LogP contribution in [-0.2, 0) is 22.7 Å². The van der Waals surface area contributed by atoms with Crippen LogP contribution in [0.15, 0.2) is 127 Å². The Balaban J connectivity index is 1.33. The molecule has 0 atom stereocenters. The first-order valence-electron chi connectivity index (χ1n) is 20.0. The van der Waals surface area contributed by atoms with Crippen LogP contribution in [0.1, 0.15) is 69.5 Å². The van der Waals surface area contributed by atoms with E-state index in [0.717, 1.165) is 89.3 Å². The van der Waals surface area contributed by atoms with Crippen molar-refractivity contribution in [1.29, 1.82) is 5.26 Å². The highest BCUT2D eigenvalue weighted by molar-refractivity contribution is 6.18. The molecule has 0 aliphatic carbocycles. The normalized spacial score (nSPS) is 12.2. The van der Waals surface area contributed by atoms with Crippen LogP contribution in [0.3, 0.4) is 0 Å². The van der Waals surface area contributed by atoms with Gasteiger partial charge in [0.15, 0.2) is 0 Å². The smallest absolute Gasteiger partial charge is 0.346 e. The fraction of sp³-hybridized carbons (Fsp3) is 0.208. The maximum absolute atomic E-state index is 12.2. The third-order valence-electron chi connectivity index (χ3n) is 11.2. The zero-order chi connectivity index (χ0) is 42.9. The van der Waals surface area contributed by atoms with Crippen molar-refractivity contribution in [2.45, 2.75) is 52.4 Å². The topological polar surface area (TPSA) is 87.7 Å². The summed E-state index contributed by atoms with van der Waals surface area (Å²) < 4.78 is 13.1. The summed E-state index contributed by atoms with van der Waals surface area (Å²) in [5.74, 6) is 0.339. The number of benzene rings is 6. The summed E-state index contributed by atoms with van der Waals surface area (Å²) >= 11 is 0. The van der Waals surface area contributed by atoms with E-state index in [1.807, 2.05) is 54.6 Å². The summed E-state index contributed by atoms with van der Waals surface area (Å²) in [5, 5.41) is 23.6. The Kier molecular flexibility index (Phi) is 11.2. The molecular weight excluding hydrogens is 743 g/mol. The Morgan fingerprint density at radius 1 is 0.650 bits per heavy atom. The standard InChI is InChI=1S/C53H51N3O4/c1-52(2,3)36-14-28-45-47(31-36)46(30-35(33-54)51(57)58)44-27-13-37(53(4,5)6)32-48(44)50(45)49-29-22-38(55(49)7)15-10-34-11-16-39(17-12-34)56(40-18-23-42(59-8)24-19-40)41-20-25-43(60-9)26-21-41/h10-32H,1-9H3,(H,57,58)/b15-10+,35-30+. The number of nitriles is 1. The van der Waals surface area contributed by atoms with Crippen LogP contribution in [0.2, 0.25) is 0 Å². The van der Waals surface area contributed by atoms with Crippen molar-refractivity contribution in [2.24, 2.45) is 7.05 Å². The summed E-state index contributed by atoms with van der Waals surface area (Å²) in [6.45, 7) is 13.1. The van der Waals surface area contributed by atoms with Crippen molar-refractivity contribution in [2.75, 3.05) is 19.1 Å². The summed E-state index contributed by atoms with van der Waals surface area (Å²) in [7, 11) is 5.42. The Labute approximate surface area is 353 Å². The maximum Gasteiger partial charge on any atom is 0.346 e. The number of anilines is 3. The summed E-state index contributed by atoms with van der Waals surface area (Å²) in [4.78, 5) is 14.4. The van der Waals surface area contributed by atoms with Crippen LogP contribution in [0.5, 0.6) is 11.5 Å². The first-order chi connectivity index (χ1) is 28.6. The lowest BCUT2D eigenvalue weighted by molar-refractivity contribution is -0.132. The number of ether oxygens (including phenoxy) is 2. The lowest BCUT2D eigenvalue weighted by atomic mass is 9.80. The van der Waals surface area contributed by atoms with Gasteiger partial charge in [0.05, 0.1) is 14.2 Å². The predicted octanol–water partition coefficient (Wildman–Crippen LogP) is 13.2. The molecule has 7 rings (SSSR count). The number of carboxylic acids is 1. The van der Waals surface area contributed by atoms with Gasteiger partial charge in [-0.2, -0.15) is 5.26 Å². The third kappa shape index (κ3) is 8.15. The number of carboxylic acid groups (broad SMARTS) is 1. The maximum atomic E-state index is 12.2. The highest BCUT2D eigenvalue weighted by Crippen LogP contribution is 2.44. The van der Waals surface area contributed by atoms with Crippen molar-refractivity contribution in [3.63, 3.8) is 0 Å². The molecule has 0 aliphatic heterocycles. The largest absolute Gasteiger partial charge is 0.497 e. The molecule has 1 N–H and O–H groups in total. The van der Waals surface area contributed by atoms with Gasteiger partial charge < -0.3 is 24.0 Å². The number of hydrogen-bond acceptors (Lipinski definition) is 5. The molecule has 0 unspecified atom stereocenters. The van der Waals surface area contributed by atoms with Crippen molar-refractivity contribution in [1.82, 2.24) is 4.57 Å². The number of aromatic nitrogens is 1. The molecule has 0 spiro atoms. The van der Waals surface area contributed by atoms with Crippen molar-refractivity contribution >= 4 is 62.8 Å². The van der Waals surface area contributed by atoms with Gasteiger partial charge in [-0.1, -0.05) is 84.0 Å². The van der Waals surface area contributed by atoms with Gasteiger partial charge in [-0.05, 0) is 152 Å². The van der Waals surface area contributed by atoms with Crippen molar-refractivity contribution in [3.8, 4) is 28.8 Å². The molecule has 302 valence electrons. The third-order valence-corrected chi connectivity index (χ3v) is 11.2. The van der Waals surface area contributed by atoms with E-state index >= 15 is 0 Å². The predicted molar refractivity (Wildman–Crippen MR) is 248 cm³/mol. The highest BCUT2D eigenvalue weighted by Gasteiger charge is 2.23. The average Bonchev–Trinajstić information content (AvgIpc) is 3.60. The molecule has 0 saturated heterocycles.